The van der Waals surface area contributed by atoms with Crippen molar-refractivity contribution in [2.45, 2.75) is 57.9 Å². The van der Waals surface area contributed by atoms with Gasteiger partial charge in [-0.15, -0.1) is 0 Å². The van der Waals surface area contributed by atoms with Gasteiger partial charge in [0, 0.05) is 5.56 Å². The molecule has 1 aliphatic rings. The minimum Gasteiger partial charge on any atom is -0.385 e. The Labute approximate surface area is 126 Å². The van der Waals surface area contributed by atoms with Crippen molar-refractivity contribution in [2.75, 3.05) is 13.2 Å². The van der Waals surface area contributed by atoms with Crippen molar-refractivity contribution < 1.29 is 19.1 Å². The summed E-state index contributed by atoms with van der Waals surface area (Å²) in [6.07, 6.45) is 3.24. The first-order valence-corrected chi connectivity index (χ1v) is 7.92. The standard InChI is InChI=1S/C17H26FNO2/c1-13-6-5-7-14(2)19(13)10-16(20)12-21-11-15-8-3-4-9-17(15)18/h3-4,8-9,13-14,16,20H,5-7,10-12H2,1-2H3/p+1/t13-,14-,16-/m0/s1. The third-order valence-corrected chi connectivity index (χ3v) is 4.54. The van der Waals surface area contributed by atoms with Crippen molar-refractivity contribution in [1.82, 2.24) is 0 Å². The summed E-state index contributed by atoms with van der Waals surface area (Å²) in [4.78, 5) is 1.46. The number of aliphatic hydroxyl groups is 1. The van der Waals surface area contributed by atoms with E-state index in [0.717, 1.165) is 0 Å². The fourth-order valence-electron chi connectivity index (χ4n) is 3.24. The highest BCUT2D eigenvalue weighted by Crippen LogP contribution is 2.09. The van der Waals surface area contributed by atoms with Gasteiger partial charge in [-0.3, -0.25) is 0 Å². The summed E-state index contributed by atoms with van der Waals surface area (Å²) in [6, 6.07) is 7.78. The van der Waals surface area contributed by atoms with Crippen molar-refractivity contribution >= 4 is 0 Å². The van der Waals surface area contributed by atoms with Gasteiger partial charge in [0.05, 0.1) is 25.3 Å². The van der Waals surface area contributed by atoms with Crippen LogP contribution in [0.5, 0.6) is 0 Å². The van der Waals surface area contributed by atoms with E-state index in [0.29, 0.717) is 24.2 Å². The molecule has 0 aromatic heterocycles. The third-order valence-electron chi connectivity index (χ3n) is 4.54. The molecule has 1 aromatic rings. The minimum absolute atomic E-state index is 0.212. The molecule has 118 valence electrons. The SMILES string of the molecule is C[C@H]1CCC[C@H](C)[NH+]1C[C@H](O)COCc1ccccc1F. The van der Waals surface area contributed by atoms with E-state index in [4.69, 9.17) is 4.74 Å². The molecule has 2 N–H and O–H groups in total. The molecule has 1 heterocycles. The maximum Gasteiger partial charge on any atom is 0.128 e. The molecule has 2 rings (SSSR count). The molecule has 21 heavy (non-hydrogen) atoms. The normalized spacial score (nSPS) is 25.0. The van der Waals surface area contributed by atoms with Crippen LogP contribution in [0.1, 0.15) is 38.7 Å². The smallest absolute Gasteiger partial charge is 0.128 e. The average Bonchev–Trinajstić information content (AvgIpc) is 2.45. The number of ether oxygens (including phenoxy) is 1. The summed E-state index contributed by atoms with van der Waals surface area (Å²) in [5.74, 6) is -0.254. The second-order valence-corrected chi connectivity index (χ2v) is 6.27. The minimum atomic E-state index is -0.491. The van der Waals surface area contributed by atoms with Crippen LogP contribution < -0.4 is 4.90 Å². The number of aliphatic hydroxyl groups excluding tert-OH is 1. The predicted octanol–water partition coefficient (Wildman–Crippen LogP) is 1.55. The Morgan fingerprint density at radius 1 is 1.29 bits per heavy atom. The molecular weight excluding hydrogens is 269 g/mol. The molecule has 4 heteroatoms. The summed E-state index contributed by atoms with van der Waals surface area (Å²) < 4.78 is 18.9. The second kappa shape index (κ2) is 7.87. The first kappa shape index (κ1) is 16.4. The second-order valence-electron chi connectivity index (χ2n) is 6.27. The van der Waals surface area contributed by atoms with Crippen LogP contribution in [0.25, 0.3) is 0 Å². The van der Waals surface area contributed by atoms with Gasteiger partial charge in [-0.05, 0) is 39.2 Å². The number of halogens is 1. The van der Waals surface area contributed by atoms with E-state index < -0.39 is 6.10 Å². The van der Waals surface area contributed by atoms with Crippen molar-refractivity contribution in [3.05, 3.63) is 35.6 Å². The monoisotopic (exact) mass is 296 g/mol. The third kappa shape index (κ3) is 4.77. The van der Waals surface area contributed by atoms with Gasteiger partial charge in [-0.25, -0.2) is 4.39 Å². The van der Waals surface area contributed by atoms with Crippen LogP contribution in [0.3, 0.4) is 0 Å². The Morgan fingerprint density at radius 2 is 1.95 bits per heavy atom. The van der Waals surface area contributed by atoms with Crippen LogP contribution in [0.2, 0.25) is 0 Å². The topological polar surface area (TPSA) is 33.9 Å². The first-order chi connectivity index (χ1) is 10.1. The lowest BCUT2D eigenvalue weighted by molar-refractivity contribution is -0.954. The molecule has 1 fully saturated rings. The predicted molar refractivity (Wildman–Crippen MR) is 80.7 cm³/mol. The first-order valence-electron chi connectivity index (χ1n) is 7.92. The van der Waals surface area contributed by atoms with Gasteiger partial charge in [0.25, 0.3) is 0 Å². The fourth-order valence-corrected chi connectivity index (χ4v) is 3.24. The number of quaternary nitrogens is 1. The van der Waals surface area contributed by atoms with Gasteiger partial charge in [-0.1, -0.05) is 18.2 Å². The van der Waals surface area contributed by atoms with Crippen LogP contribution in [-0.4, -0.2) is 36.4 Å². The van der Waals surface area contributed by atoms with E-state index in [1.54, 1.807) is 18.2 Å². The molecule has 0 aliphatic carbocycles. The lowest BCUT2D eigenvalue weighted by Crippen LogP contribution is -3.20. The number of piperidine rings is 1. The Morgan fingerprint density at radius 3 is 2.62 bits per heavy atom. The van der Waals surface area contributed by atoms with Crippen molar-refractivity contribution in [1.29, 1.82) is 0 Å². The molecule has 0 spiro atoms. The summed E-state index contributed by atoms with van der Waals surface area (Å²) in [6.45, 7) is 5.68. The Bertz CT molecular complexity index is 431. The summed E-state index contributed by atoms with van der Waals surface area (Å²) in [7, 11) is 0. The van der Waals surface area contributed by atoms with Crippen LogP contribution in [0, 0.1) is 5.82 Å². The number of nitrogens with one attached hydrogen (secondary N) is 1. The maximum absolute atomic E-state index is 13.4. The highest BCUT2D eigenvalue weighted by atomic mass is 19.1. The number of benzene rings is 1. The van der Waals surface area contributed by atoms with Gasteiger partial charge in [-0.2, -0.15) is 0 Å². The van der Waals surface area contributed by atoms with Crippen LogP contribution in [0.4, 0.5) is 4.39 Å². The number of hydrogen-bond acceptors (Lipinski definition) is 2. The zero-order valence-electron chi connectivity index (χ0n) is 13.0. The molecule has 0 bridgehead atoms. The van der Waals surface area contributed by atoms with Crippen molar-refractivity contribution in [3.8, 4) is 0 Å². The van der Waals surface area contributed by atoms with E-state index >= 15 is 0 Å². The van der Waals surface area contributed by atoms with Gasteiger partial charge < -0.3 is 14.7 Å². The molecule has 0 radical (unpaired) electrons. The van der Waals surface area contributed by atoms with Crippen LogP contribution in [-0.2, 0) is 11.3 Å². The number of likely N-dealkylation sites (tertiary alicyclic amines) is 1. The molecule has 0 unspecified atom stereocenters. The van der Waals surface area contributed by atoms with E-state index in [9.17, 15) is 9.50 Å². The van der Waals surface area contributed by atoms with E-state index in [-0.39, 0.29) is 19.0 Å². The number of rotatable bonds is 6. The highest BCUT2D eigenvalue weighted by Gasteiger charge is 2.30. The largest absolute Gasteiger partial charge is 0.385 e. The molecule has 1 aliphatic heterocycles. The van der Waals surface area contributed by atoms with Crippen LogP contribution in [0.15, 0.2) is 24.3 Å². The zero-order chi connectivity index (χ0) is 15.2. The summed E-state index contributed by atoms with van der Waals surface area (Å²) in [5.41, 5.74) is 0.539. The molecule has 1 aromatic carbocycles. The van der Waals surface area contributed by atoms with Gasteiger partial charge in [0.1, 0.15) is 18.5 Å². The molecular formula is C17H27FNO2+. The lowest BCUT2D eigenvalue weighted by Gasteiger charge is -2.36. The van der Waals surface area contributed by atoms with Gasteiger partial charge in [0.2, 0.25) is 0 Å². The van der Waals surface area contributed by atoms with E-state index in [2.05, 4.69) is 13.8 Å². The maximum atomic E-state index is 13.4. The van der Waals surface area contributed by atoms with Crippen LogP contribution >= 0.6 is 0 Å². The summed E-state index contributed by atoms with van der Waals surface area (Å²) >= 11 is 0. The molecule has 3 nitrogen and oxygen atoms in total. The Kier molecular flexibility index (Phi) is 6.15. The fraction of sp³-hybridized carbons (Fsp3) is 0.647. The molecule has 0 amide bonds. The highest BCUT2D eigenvalue weighted by molar-refractivity contribution is 5.16. The van der Waals surface area contributed by atoms with Crippen molar-refractivity contribution in [3.63, 3.8) is 0 Å². The van der Waals surface area contributed by atoms with Gasteiger partial charge in [0.15, 0.2) is 0 Å². The Balaban J connectivity index is 1.74. The quantitative estimate of drug-likeness (QED) is 0.835. The van der Waals surface area contributed by atoms with Gasteiger partial charge >= 0.3 is 0 Å². The molecule has 3 atom stereocenters. The van der Waals surface area contributed by atoms with Crippen molar-refractivity contribution in [2.24, 2.45) is 0 Å². The summed E-state index contributed by atoms with van der Waals surface area (Å²) in [5, 5.41) is 10.1. The Hall–Kier alpha value is -0.970. The lowest BCUT2D eigenvalue weighted by atomic mass is 9.97. The van der Waals surface area contributed by atoms with E-state index in [1.165, 1.54) is 30.2 Å². The van der Waals surface area contributed by atoms with E-state index in [1.807, 2.05) is 0 Å². The average molecular weight is 296 g/mol. The molecule has 1 saturated heterocycles. The molecule has 0 saturated carbocycles. The zero-order valence-corrected chi connectivity index (χ0v) is 13.0. The number of hydrogen-bond donors (Lipinski definition) is 2.